The predicted octanol–water partition coefficient (Wildman–Crippen LogP) is 1.12. The van der Waals surface area contributed by atoms with Gasteiger partial charge in [-0.2, -0.15) is 0 Å². The van der Waals surface area contributed by atoms with Gasteiger partial charge in [0.2, 0.25) is 0 Å². The van der Waals surface area contributed by atoms with Crippen molar-refractivity contribution < 1.29 is 11.6 Å². The summed E-state index contributed by atoms with van der Waals surface area (Å²) in [7, 11) is 0. The normalized spacial score (nSPS) is 20.7. The van der Waals surface area contributed by atoms with Crippen LogP contribution in [0.15, 0.2) is 6.20 Å². The lowest BCUT2D eigenvalue weighted by molar-refractivity contribution is 0.338. The van der Waals surface area contributed by atoms with Gasteiger partial charge in [0, 0.05) is 4.11 Å². The molecule has 4 heteroatoms. The highest BCUT2D eigenvalue weighted by Gasteiger charge is 1.95. The van der Waals surface area contributed by atoms with Gasteiger partial charge in [-0.05, 0) is 6.85 Å². The van der Waals surface area contributed by atoms with E-state index in [1.54, 1.807) is 0 Å². The van der Waals surface area contributed by atoms with Crippen LogP contribution in [0.2, 0.25) is 0 Å². The number of anilines is 1. The molecule has 0 aliphatic heterocycles. The second kappa shape index (κ2) is 2.68. The number of aromatic nitrogens is 1. The molecule has 1 aromatic heterocycles. The van der Waals surface area contributed by atoms with E-state index < -0.39 is 13.4 Å². The van der Waals surface area contributed by atoms with Crippen molar-refractivity contribution in [1.82, 2.24) is 4.98 Å². The standard InChI is InChI=1S/C5H8N2OS/c1-2-8-5-7-3-4(6)9-5/h3H,2,6H2,1H3/i1D3,2D2. The third-order valence-electron chi connectivity index (χ3n) is 0.641. The Bertz CT molecular complexity index is 322. The van der Waals surface area contributed by atoms with Crippen molar-refractivity contribution in [1.29, 1.82) is 0 Å². The van der Waals surface area contributed by atoms with Gasteiger partial charge in [-0.25, -0.2) is 4.98 Å². The lowest BCUT2D eigenvalue weighted by Gasteiger charge is -1.92. The van der Waals surface area contributed by atoms with Gasteiger partial charge in [0.25, 0.3) is 5.19 Å². The maximum atomic E-state index is 7.13. The molecule has 2 N–H and O–H groups in total. The number of thiazole rings is 1. The van der Waals surface area contributed by atoms with E-state index in [0.717, 1.165) is 11.3 Å². The molecule has 0 saturated carbocycles. The Balaban J connectivity index is 2.78. The average Bonchev–Trinajstić information content (AvgIpc) is 2.31. The summed E-state index contributed by atoms with van der Waals surface area (Å²) in [5.74, 6) is 0. The van der Waals surface area contributed by atoms with Gasteiger partial charge in [-0.3, -0.25) is 0 Å². The van der Waals surface area contributed by atoms with Crippen molar-refractivity contribution in [3.05, 3.63) is 6.20 Å². The van der Waals surface area contributed by atoms with Crippen molar-refractivity contribution in [3.63, 3.8) is 0 Å². The first-order valence-corrected chi connectivity index (χ1v) is 2.94. The Morgan fingerprint density at radius 1 is 2.22 bits per heavy atom. The fraction of sp³-hybridized carbons (Fsp3) is 0.400. The molecule has 0 radical (unpaired) electrons. The lowest BCUT2D eigenvalue weighted by atomic mass is 10.9. The Morgan fingerprint density at radius 2 is 3.11 bits per heavy atom. The summed E-state index contributed by atoms with van der Waals surface area (Å²) in [6.45, 7) is -5.61. The van der Waals surface area contributed by atoms with E-state index in [9.17, 15) is 0 Å². The molecule has 0 aliphatic carbocycles. The monoisotopic (exact) mass is 149 g/mol. The van der Waals surface area contributed by atoms with Crippen LogP contribution in [0, 0.1) is 0 Å². The van der Waals surface area contributed by atoms with Gasteiger partial charge in [0.1, 0.15) is 5.00 Å². The number of nitrogens with two attached hydrogens (primary N) is 1. The highest BCUT2D eigenvalue weighted by molar-refractivity contribution is 7.17. The van der Waals surface area contributed by atoms with Gasteiger partial charge in [-0.15, -0.1) is 0 Å². The number of hydrogen-bond acceptors (Lipinski definition) is 4. The second-order valence-corrected chi connectivity index (χ2v) is 2.26. The summed E-state index contributed by atoms with van der Waals surface area (Å²) in [6.07, 6.45) is 1.27. The smallest absolute Gasteiger partial charge is 0.275 e. The highest BCUT2D eigenvalue weighted by Crippen LogP contribution is 2.21. The molecule has 3 nitrogen and oxygen atoms in total. The zero-order valence-electron chi connectivity index (χ0n) is 9.42. The molecule has 1 rings (SSSR count). The fourth-order valence-corrected chi connectivity index (χ4v) is 0.856. The summed E-state index contributed by atoms with van der Waals surface area (Å²) in [5, 5.41) is 0.241. The first-order valence-electron chi connectivity index (χ1n) is 4.63. The minimum atomic E-state index is -2.85. The van der Waals surface area contributed by atoms with Crippen LogP contribution in [0.4, 0.5) is 5.00 Å². The average molecular weight is 149 g/mol. The van der Waals surface area contributed by atoms with Crippen LogP contribution in [0.3, 0.4) is 0 Å². The fourth-order valence-electron chi connectivity index (χ4n) is 0.361. The summed E-state index contributed by atoms with van der Waals surface area (Å²) in [5.41, 5.74) is 5.32. The molecule has 50 valence electrons. The molecule has 0 bridgehead atoms. The van der Waals surface area contributed by atoms with Crippen molar-refractivity contribution in [2.24, 2.45) is 0 Å². The highest BCUT2D eigenvalue weighted by atomic mass is 32.1. The third-order valence-corrected chi connectivity index (χ3v) is 1.35. The zero-order valence-corrected chi connectivity index (χ0v) is 5.23. The van der Waals surface area contributed by atoms with Crippen molar-refractivity contribution in [3.8, 4) is 5.19 Å². The Kier molecular flexibility index (Phi) is 0.732. The molecule has 9 heavy (non-hydrogen) atoms. The summed E-state index contributed by atoms with van der Waals surface area (Å²) in [6, 6.07) is 0. The molecule has 0 unspecified atom stereocenters. The quantitative estimate of drug-likeness (QED) is 0.685. The van der Waals surface area contributed by atoms with Crippen LogP contribution in [0.25, 0.3) is 0 Å². The number of ether oxygens (including phenoxy) is 1. The van der Waals surface area contributed by atoms with Crippen molar-refractivity contribution in [2.45, 2.75) is 6.85 Å². The second-order valence-electron chi connectivity index (χ2n) is 1.23. The van der Waals surface area contributed by atoms with Crippen molar-refractivity contribution >= 4 is 16.3 Å². The van der Waals surface area contributed by atoms with E-state index in [2.05, 4.69) is 9.72 Å². The Labute approximate surface area is 64.5 Å². The van der Waals surface area contributed by atoms with Crippen LogP contribution in [0.1, 0.15) is 13.7 Å². The maximum Gasteiger partial charge on any atom is 0.275 e. The van der Waals surface area contributed by atoms with Gasteiger partial charge in [0.15, 0.2) is 0 Å². The van der Waals surface area contributed by atoms with E-state index in [4.69, 9.17) is 12.6 Å². The topological polar surface area (TPSA) is 48.1 Å². The number of nitrogen functional groups attached to an aromatic ring is 1. The molecule has 0 fully saturated rings. The summed E-state index contributed by atoms with van der Waals surface area (Å²) in [4.78, 5) is 3.60. The first-order chi connectivity index (χ1) is 6.22. The van der Waals surface area contributed by atoms with Crippen molar-refractivity contribution in [2.75, 3.05) is 12.3 Å². The van der Waals surface area contributed by atoms with Crippen LogP contribution in [0.5, 0.6) is 5.19 Å². The number of nitrogens with zero attached hydrogens (tertiary/aromatic N) is 1. The molecule has 0 aliphatic rings. The first kappa shape index (κ1) is 2.46. The predicted molar refractivity (Wildman–Crippen MR) is 37.7 cm³/mol. The Hall–Kier alpha value is -0.770. The molecule has 0 amide bonds. The minimum Gasteiger partial charge on any atom is -0.470 e. The third kappa shape index (κ3) is 1.57. The molecule has 1 aromatic rings. The molecular weight excluding hydrogens is 136 g/mol. The maximum absolute atomic E-state index is 7.13. The molecular formula is C5H8N2OS. The van der Waals surface area contributed by atoms with Crippen LogP contribution < -0.4 is 10.5 Å². The van der Waals surface area contributed by atoms with Crippen LogP contribution in [-0.4, -0.2) is 11.5 Å². The van der Waals surface area contributed by atoms with Gasteiger partial charge >= 0.3 is 0 Å². The summed E-state index contributed by atoms with van der Waals surface area (Å²) >= 11 is 0.885. The Morgan fingerprint density at radius 3 is 3.67 bits per heavy atom. The molecule has 0 atom stereocenters. The van der Waals surface area contributed by atoms with Gasteiger partial charge in [0.05, 0.1) is 15.5 Å². The molecule has 0 aromatic carbocycles. The van der Waals surface area contributed by atoms with E-state index in [0.29, 0.717) is 5.00 Å². The van der Waals surface area contributed by atoms with E-state index in [1.165, 1.54) is 6.20 Å². The molecule has 1 heterocycles. The molecule has 0 saturated heterocycles. The largest absolute Gasteiger partial charge is 0.470 e. The lowest BCUT2D eigenvalue weighted by Crippen LogP contribution is -1.88. The van der Waals surface area contributed by atoms with E-state index in [-0.39, 0.29) is 5.19 Å². The zero-order chi connectivity index (χ0) is 11.0. The van der Waals surface area contributed by atoms with Crippen LogP contribution in [-0.2, 0) is 0 Å². The number of hydrogen-bond donors (Lipinski definition) is 1. The number of rotatable bonds is 2. The molecule has 0 spiro atoms. The van der Waals surface area contributed by atoms with E-state index >= 15 is 0 Å². The van der Waals surface area contributed by atoms with E-state index in [1.807, 2.05) is 0 Å². The van der Waals surface area contributed by atoms with Gasteiger partial charge in [-0.1, -0.05) is 11.3 Å². The summed E-state index contributed by atoms with van der Waals surface area (Å²) < 4.78 is 39.5. The van der Waals surface area contributed by atoms with Crippen LogP contribution >= 0.6 is 11.3 Å². The minimum absolute atomic E-state index is 0.0939. The van der Waals surface area contributed by atoms with Gasteiger partial charge < -0.3 is 10.5 Å². The SMILES string of the molecule is [2H]C([2H])([2H])C([2H])([2H])Oc1ncc(N)s1.